The van der Waals surface area contributed by atoms with Crippen LogP contribution in [-0.4, -0.2) is 30.6 Å². The van der Waals surface area contributed by atoms with Crippen LogP contribution in [0.2, 0.25) is 0 Å². The lowest BCUT2D eigenvalue weighted by Gasteiger charge is -2.28. The second-order valence-electron chi connectivity index (χ2n) is 2.44. The first-order valence-electron chi connectivity index (χ1n) is 3.36. The number of hydrogen-bond donors (Lipinski definition) is 1. The molecule has 0 aromatic carbocycles. The molecule has 0 aliphatic carbocycles. The highest BCUT2D eigenvalue weighted by atomic mass is 15.2. The summed E-state index contributed by atoms with van der Waals surface area (Å²) in [6.45, 7) is 6.49. The lowest BCUT2D eigenvalue weighted by Crippen LogP contribution is -2.44. The van der Waals surface area contributed by atoms with Crippen LogP contribution in [0.1, 0.15) is 0 Å². The Labute approximate surface area is 55.5 Å². The van der Waals surface area contributed by atoms with Crippen molar-refractivity contribution in [2.24, 2.45) is 0 Å². The number of rotatable bonds is 0. The van der Waals surface area contributed by atoms with Crippen molar-refractivity contribution >= 4 is 0 Å². The molecule has 1 unspecified atom stereocenters. The minimum Gasteiger partial charge on any atom is -0.305 e. The quantitative estimate of drug-likeness (QED) is 0.450. The van der Waals surface area contributed by atoms with Gasteiger partial charge in [-0.3, -0.25) is 4.90 Å². The van der Waals surface area contributed by atoms with E-state index in [4.69, 9.17) is 0 Å². The van der Waals surface area contributed by atoms with Gasteiger partial charge in [0, 0.05) is 19.6 Å². The van der Waals surface area contributed by atoms with E-state index >= 15 is 0 Å². The van der Waals surface area contributed by atoms with Gasteiger partial charge in [-0.1, -0.05) is 12.2 Å². The van der Waals surface area contributed by atoms with Crippen molar-refractivity contribution in [1.29, 1.82) is 0 Å². The smallest absolute Gasteiger partial charge is 0.0819 e. The molecule has 9 heavy (non-hydrogen) atoms. The SMILES string of the molecule is [C]1NCCN2CC=CC12. The fourth-order valence-corrected chi connectivity index (χ4v) is 1.31. The summed E-state index contributed by atoms with van der Waals surface area (Å²) in [6, 6.07) is 0.457. The molecule has 2 nitrogen and oxygen atoms in total. The third kappa shape index (κ3) is 0.884. The minimum atomic E-state index is 0.457. The second-order valence-corrected chi connectivity index (χ2v) is 2.44. The predicted octanol–water partition coefficient (Wildman–Crippen LogP) is -0.131. The number of nitrogens with one attached hydrogen (secondary N) is 1. The summed E-state index contributed by atoms with van der Waals surface area (Å²) in [5, 5.41) is 3.11. The molecule has 2 aliphatic heterocycles. The zero-order valence-corrected chi connectivity index (χ0v) is 5.30. The van der Waals surface area contributed by atoms with Crippen LogP contribution in [-0.2, 0) is 0 Å². The Morgan fingerprint density at radius 3 is 3.56 bits per heavy atom. The molecular formula is C7H10N2. The maximum Gasteiger partial charge on any atom is 0.0819 e. The third-order valence-corrected chi connectivity index (χ3v) is 1.83. The Kier molecular flexibility index (Phi) is 1.28. The fraction of sp³-hybridized carbons (Fsp3) is 0.571. The lowest BCUT2D eigenvalue weighted by molar-refractivity contribution is 0.257. The van der Waals surface area contributed by atoms with E-state index in [2.05, 4.69) is 28.9 Å². The molecule has 2 rings (SSSR count). The summed E-state index contributed by atoms with van der Waals surface area (Å²) >= 11 is 0. The van der Waals surface area contributed by atoms with Crippen molar-refractivity contribution in [3.8, 4) is 0 Å². The van der Waals surface area contributed by atoms with Gasteiger partial charge in [0.25, 0.3) is 0 Å². The molecule has 0 aromatic heterocycles. The van der Waals surface area contributed by atoms with E-state index in [-0.39, 0.29) is 0 Å². The van der Waals surface area contributed by atoms with Crippen molar-refractivity contribution in [2.75, 3.05) is 19.6 Å². The number of hydrogen-bond acceptors (Lipinski definition) is 2. The van der Waals surface area contributed by atoms with E-state index in [9.17, 15) is 0 Å². The Balaban J connectivity index is 2.03. The lowest BCUT2D eigenvalue weighted by atomic mass is 10.2. The summed E-state index contributed by atoms with van der Waals surface area (Å²) < 4.78 is 0. The Morgan fingerprint density at radius 2 is 2.67 bits per heavy atom. The van der Waals surface area contributed by atoms with Gasteiger partial charge in [0.1, 0.15) is 0 Å². The van der Waals surface area contributed by atoms with Gasteiger partial charge in [-0.15, -0.1) is 0 Å². The van der Waals surface area contributed by atoms with Crippen molar-refractivity contribution in [3.05, 3.63) is 18.7 Å². The number of piperazine rings is 1. The van der Waals surface area contributed by atoms with Gasteiger partial charge in [0.05, 0.1) is 12.6 Å². The van der Waals surface area contributed by atoms with Crippen LogP contribution in [0.4, 0.5) is 0 Å². The molecule has 0 bridgehead atoms. The van der Waals surface area contributed by atoms with Crippen LogP contribution in [0.5, 0.6) is 0 Å². The maximum absolute atomic E-state index is 3.17. The van der Waals surface area contributed by atoms with Gasteiger partial charge < -0.3 is 5.32 Å². The summed E-state index contributed by atoms with van der Waals surface area (Å²) in [5.41, 5.74) is 0. The van der Waals surface area contributed by atoms with Crippen molar-refractivity contribution in [2.45, 2.75) is 6.04 Å². The predicted molar refractivity (Wildman–Crippen MR) is 35.7 cm³/mol. The highest BCUT2D eigenvalue weighted by molar-refractivity contribution is 5.10. The zero-order chi connectivity index (χ0) is 6.10. The third-order valence-electron chi connectivity index (χ3n) is 1.83. The first-order chi connectivity index (χ1) is 4.47. The van der Waals surface area contributed by atoms with Crippen LogP contribution in [0.25, 0.3) is 0 Å². The number of fused-ring (bicyclic) bond motifs is 1. The Morgan fingerprint density at radius 1 is 1.67 bits per heavy atom. The second kappa shape index (κ2) is 2.12. The average molecular weight is 122 g/mol. The molecule has 0 aromatic rings. The van der Waals surface area contributed by atoms with Crippen molar-refractivity contribution in [1.82, 2.24) is 10.2 Å². The molecule has 0 amide bonds. The highest BCUT2D eigenvalue weighted by Crippen LogP contribution is 2.12. The van der Waals surface area contributed by atoms with E-state index in [1.807, 2.05) is 0 Å². The molecule has 48 valence electrons. The van der Waals surface area contributed by atoms with Crippen LogP contribution < -0.4 is 5.32 Å². The average Bonchev–Trinajstić information content (AvgIpc) is 2.33. The van der Waals surface area contributed by atoms with E-state index < -0.39 is 0 Å². The summed E-state index contributed by atoms with van der Waals surface area (Å²) in [7, 11) is 0. The van der Waals surface area contributed by atoms with E-state index in [1.54, 1.807) is 0 Å². The summed E-state index contributed by atoms with van der Waals surface area (Å²) in [6.07, 6.45) is 4.39. The Bertz CT molecular complexity index is 131. The maximum atomic E-state index is 3.17. The Hall–Kier alpha value is -0.340. The first kappa shape index (κ1) is 5.45. The monoisotopic (exact) mass is 122 g/mol. The van der Waals surface area contributed by atoms with Crippen molar-refractivity contribution in [3.63, 3.8) is 0 Å². The molecule has 0 spiro atoms. The van der Waals surface area contributed by atoms with Gasteiger partial charge >= 0.3 is 0 Å². The topological polar surface area (TPSA) is 15.3 Å². The largest absolute Gasteiger partial charge is 0.305 e. The molecule has 0 saturated carbocycles. The minimum absolute atomic E-state index is 0.457. The van der Waals surface area contributed by atoms with Crippen LogP contribution >= 0.6 is 0 Å². The van der Waals surface area contributed by atoms with Crippen LogP contribution in [0.15, 0.2) is 12.2 Å². The molecule has 2 heteroatoms. The van der Waals surface area contributed by atoms with Gasteiger partial charge in [0.15, 0.2) is 0 Å². The zero-order valence-electron chi connectivity index (χ0n) is 5.30. The normalized spacial score (nSPS) is 34.9. The molecular weight excluding hydrogens is 112 g/mol. The van der Waals surface area contributed by atoms with E-state index in [0.29, 0.717) is 6.04 Å². The molecule has 2 heterocycles. The van der Waals surface area contributed by atoms with E-state index in [0.717, 1.165) is 19.6 Å². The summed E-state index contributed by atoms with van der Waals surface area (Å²) in [5.74, 6) is 0. The van der Waals surface area contributed by atoms with E-state index in [1.165, 1.54) is 0 Å². The molecule has 1 atom stereocenters. The van der Waals surface area contributed by atoms with Gasteiger partial charge in [-0.2, -0.15) is 0 Å². The van der Waals surface area contributed by atoms with Crippen LogP contribution in [0.3, 0.4) is 0 Å². The van der Waals surface area contributed by atoms with Crippen LogP contribution in [0, 0.1) is 6.54 Å². The standard InChI is InChI=1S/C7H10N2/c1-2-7-6-8-3-5-9(7)4-1/h1-2,7-8H,3-5H2. The highest BCUT2D eigenvalue weighted by Gasteiger charge is 2.22. The van der Waals surface area contributed by atoms with Gasteiger partial charge in [-0.05, 0) is 0 Å². The number of nitrogens with zero attached hydrogens (tertiary/aromatic N) is 1. The first-order valence-corrected chi connectivity index (χ1v) is 3.36. The molecule has 2 aliphatic rings. The molecule has 1 N–H and O–H groups in total. The summed E-state index contributed by atoms with van der Waals surface area (Å²) in [4.78, 5) is 2.39. The fourth-order valence-electron chi connectivity index (χ4n) is 1.31. The molecule has 1 fully saturated rings. The van der Waals surface area contributed by atoms with Crippen molar-refractivity contribution < 1.29 is 0 Å². The molecule has 2 radical (unpaired) electrons. The van der Waals surface area contributed by atoms with Gasteiger partial charge in [0.2, 0.25) is 0 Å². The van der Waals surface area contributed by atoms with Gasteiger partial charge in [-0.25, -0.2) is 0 Å². The molecule has 1 saturated heterocycles.